The Balaban J connectivity index is 1.54. The van der Waals surface area contributed by atoms with Gasteiger partial charge in [-0.2, -0.15) is 0 Å². The monoisotopic (exact) mass is 580 g/mol. The van der Waals surface area contributed by atoms with Crippen LogP contribution in [0.15, 0.2) is 104 Å². The fourth-order valence-corrected chi connectivity index (χ4v) is 6.76. The topological polar surface area (TPSA) is 78.4 Å². The molecular weight excluding hydrogens is 548 g/mol. The van der Waals surface area contributed by atoms with Gasteiger partial charge in [-0.25, -0.2) is 14.8 Å². The summed E-state index contributed by atoms with van der Waals surface area (Å²) in [7, 11) is 0. The minimum absolute atomic E-state index is 0.159. The zero-order valence-corrected chi connectivity index (χ0v) is 25.1. The number of rotatable bonds is 5. The lowest BCUT2D eigenvalue weighted by Crippen LogP contribution is -2.44. The van der Waals surface area contributed by atoms with Gasteiger partial charge in [0.2, 0.25) is 0 Å². The molecule has 3 aliphatic carbocycles. The van der Waals surface area contributed by atoms with E-state index < -0.39 is 16.8 Å². The Hall–Kier alpha value is -5.10. The average molecular weight is 581 g/mol. The Kier molecular flexibility index (Phi) is 6.47. The van der Waals surface area contributed by atoms with Gasteiger partial charge in [-0.05, 0) is 80.1 Å². The number of carbonyl (C=O) groups is 2. The van der Waals surface area contributed by atoms with Gasteiger partial charge in [0.05, 0.1) is 10.8 Å². The summed E-state index contributed by atoms with van der Waals surface area (Å²) in [6.07, 6.45) is 3.45. The Morgan fingerprint density at radius 2 is 1.43 bits per heavy atom. The third-order valence-electron chi connectivity index (χ3n) is 8.74. The van der Waals surface area contributed by atoms with Gasteiger partial charge < -0.3 is 9.47 Å². The molecule has 0 spiro atoms. The maximum absolute atomic E-state index is 13.5. The van der Waals surface area contributed by atoms with Crippen LogP contribution in [0.5, 0.6) is 11.5 Å². The highest BCUT2D eigenvalue weighted by molar-refractivity contribution is 5.90. The van der Waals surface area contributed by atoms with E-state index in [0.29, 0.717) is 17.9 Å². The number of aromatic nitrogens is 2. The smallest absolute Gasteiger partial charge is 0.362 e. The van der Waals surface area contributed by atoms with Crippen molar-refractivity contribution in [2.45, 2.75) is 45.4 Å². The van der Waals surface area contributed by atoms with E-state index in [4.69, 9.17) is 9.47 Å². The highest BCUT2D eigenvalue weighted by Gasteiger charge is 2.54. The third-order valence-corrected chi connectivity index (χ3v) is 8.74. The first kappa shape index (κ1) is 27.7. The Morgan fingerprint density at radius 3 is 2.05 bits per heavy atom. The molecule has 0 N–H and O–H groups in total. The minimum Gasteiger partial charge on any atom is -0.426 e. The van der Waals surface area contributed by atoms with E-state index in [9.17, 15) is 9.59 Å². The highest BCUT2D eigenvalue weighted by Crippen LogP contribution is 2.64. The molecule has 0 aliphatic heterocycles. The van der Waals surface area contributed by atoms with Crippen molar-refractivity contribution < 1.29 is 19.1 Å². The molecule has 5 aromatic rings. The fraction of sp³-hybridized carbons (Fsp3) is 0.211. The van der Waals surface area contributed by atoms with Gasteiger partial charge in [0, 0.05) is 23.2 Å². The summed E-state index contributed by atoms with van der Waals surface area (Å²) in [4.78, 5) is 34.9. The van der Waals surface area contributed by atoms with Crippen LogP contribution in [-0.2, 0) is 16.6 Å². The van der Waals surface area contributed by atoms with Crippen molar-refractivity contribution in [1.29, 1.82) is 0 Å². The SMILES string of the molecule is Cc1ccc(CC23c4ccccc4C(c4ccccc42)c2c(OC(=O)C(C)(C)C)ccc(OC(=O)c4ccncn4)c23)cc1. The van der Waals surface area contributed by atoms with Gasteiger partial charge in [-0.15, -0.1) is 0 Å². The van der Waals surface area contributed by atoms with Gasteiger partial charge in [-0.1, -0.05) is 78.4 Å². The van der Waals surface area contributed by atoms with E-state index in [0.717, 1.165) is 38.9 Å². The number of nitrogens with zero attached hydrogens (tertiary/aromatic N) is 2. The number of aryl methyl sites for hydroxylation is 1. The molecule has 8 rings (SSSR count). The largest absolute Gasteiger partial charge is 0.426 e. The van der Waals surface area contributed by atoms with E-state index in [1.165, 1.54) is 24.2 Å². The maximum Gasteiger partial charge on any atom is 0.362 e. The van der Waals surface area contributed by atoms with Crippen LogP contribution in [0.4, 0.5) is 0 Å². The average Bonchev–Trinajstić information content (AvgIpc) is 3.03. The third kappa shape index (κ3) is 4.32. The molecule has 2 bridgehead atoms. The molecule has 218 valence electrons. The van der Waals surface area contributed by atoms with E-state index in [1.54, 1.807) is 12.1 Å². The van der Waals surface area contributed by atoms with Crippen LogP contribution in [0.3, 0.4) is 0 Å². The van der Waals surface area contributed by atoms with Gasteiger partial charge in [0.1, 0.15) is 17.8 Å². The van der Waals surface area contributed by atoms with Crippen LogP contribution in [0.2, 0.25) is 0 Å². The van der Waals surface area contributed by atoms with Crippen molar-refractivity contribution >= 4 is 11.9 Å². The summed E-state index contributed by atoms with van der Waals surface area (Å²) in [5.41, 5.74) is 7.30. The predicted octanol–water partition coefficient (Wildman–Crippen LogP) is 7.34. The lowest BCUT2D eigenvalue weighted by atomic mass is 9.51. The number of benzene rings is 4. The van der Waals surface area contributed by atoms with Gasteiger partial charge in [-0.3, -0.25) is 4.79 Å². The summed E-state index contributed by atoms with van der Waals surface area (Å²) < 4.78 is 12.4. The molecule has 6 heteroatoms. The summed E-state index contributed by atoms with van der Waals surface area (Å²) in [5, 5.41) is 0. The van der Waals surface area contributed by atoms with Crippen LogP contribution in [-0.4, -0.2) is 21.9 Å². The predicted molar refractivity (Wildman–Crippen MR) is 167 cm³/mol. The van der Waals surface area contributed by atoms with Crippen LogP contribution in [0, 0.1) is 12.3 Å². The molecule has 0 saturated carbocycles. The Morgan fingerprint density at radius 1 is 0.795 bits per heavy atom. The fourth-order valence-electron chi connectivity index (χ4n) is 6.76. The highest BCUT2D eigenvalue weighted by atomic mass is 16.5. The van der Waals surface area contributed by atoms with Crippen LogP contribution in [0.1, 0.15) is 81.7 Å². The van der Waals surface area contributed by atoms with E-state index >= 15 is 0 Å². The summed E-state index contributed by atoms with van der Waals surface area (Å²) >= 11 is 0. The molecule has 0 unspecified atom stereocenters. The Labute approximate surface area is 256 Å². The van der Waals surface area contributed by atoms with Crippen LogP contribution in [0.25, 0.3) is 0 Å². The van der Waals surface area contributed by atoms with Crippen molar-refractivity contribution in [2.24, 2.45) is 5.41 Å². The molecule has 0 atom stereocenters. The van der Waals surface area contributed by atoms with Crippen LogP contribution >= 0.6 is 0 Å². The normalized spacial score (nSPS) is 17.7. The lowest BCUT2D eigenvalue weighted by Gasteiger charge is -2.51. The Bertz CT molecular complexity index is 1880. The first-order valence-electron chi connectivity index (χ1n) is 14.8. The standard InChI is InChI=1S/C38H32N2O4/c1-23-13-15-24(16-14-23)21-38-27-11-7-5-9-25(27)32(26-10-6-8-12-28(26)38)33-30(44-36(42)37(2,3)4)17-18-31(34(33)38)43-35(41)29-19-20-39-22-40-29/h5-20,22,32H,21H2,1-4H3. The molecule has 0 radical (unpaired) electrons. The second kappa shape index (κ2) is 10.3. The minimum atomic E-state index is -0.738. The van der Waals surface area contributed by atoms with Crippen molar-refractivity contribution in [3.8, 4) is 11.5 Å². The molecule has 1 heterocycles. The lowest BCUT2D eigenvalue weighted by molar-refractivity contribution is -0.143. The van der Waals surface area contributed by atoms with Gasteiger partial charge in [0.15, 0.2) is 5.69 Å². The molecule has 0 saturated heterocycles. The second-order valence-electron chi connectivity index (χ2n) is 12.6. The zero-order valence-electron chi connectivity index (χ0n) is 25.1. The molecule has 4 aromatic carbocycles. The molecule has 6 nitrogen and oxygen atoms in total. The summed E-state index contributed by atoms with van der Waals surface area (Å²) in [6.45, 7) is 7.61. The van der Waals surface area contributed by atoms with Gasteiger partial charge >= 0.3 is 11.9 Å². The number of hydrogen-bond donors (Lipinski definition) is 0. The molecule has 0 fully saturated rings. The zero-order chi connectivity index (χ0) is 30.6. The van der Waals surface area contributed by atoms with Crippen molar-refractivity contribution in [3.63, 3.8) is 0 Å². The second-order valence-corrected chi connectivity index (χ2v) is 12.6. The maximum atomic E-state index is 13.5. The van der Waals surface area contributed by atoms with E-state index in [-0.39, 0.29) is 17.6 Å². The summed E-state index contributed by atoms with van der Waals surface area (Å²) in [5.74, 6) is -0.245. The number of carbonyl (C=O) groups excluding carboxylic acids is 2. The quantitative estimate of drug-likeness (QED) is 0.160. The van der Waals surface area contributed by atoms with E-state index in [2.05, 4.69) is 89.7 Å². The molecule has 0 amide bonds. The number of ether oxygens (including phenoxy) is 2. The first-order valence-corrected chi connectivity index (χ1v) is 14.8. The van der Waals surface area contributed by atoms with Crippen molar-refractivity contribution in [1.82, 2.24) is 9.97 Å². The molecule has 44 heavy (non-hydrogen) atoms. The molecule has 1 aromatic heterocycles. The number of esters is 2. The molecule has 3 aliphatic rings. The molecular formula is C38H32N2O4. The summed E-state index contributed by atoms with van der Waals surface area (Å²) in [6, 6.07) is 30.5. The first-order chi connectivity index (χ1) is 21.2. The van der Waals surface area contributed by atoms with E-state index in [1.807, 2.05) is 20.8 Å². The number of hydrogen-bond acceptors (Lipinski definition) is 6. The van der Waals surface area contributed by atoms with Crippen molar-refractivity contribution in [2.75, 3.05) is 0 Å². The van der Waals surface area contributed by atoms with Gasteiger partial charge in [0.25, 0.3) is 0 Å². The van der Waals surface area contributed by atoms with Crippen molar-refractivity contribution in [3.05, 3.63) is 154 Å². The van der Waals surface area contributed by atoms with Crippen LogP contribution < -0.4 is 9.47 Å².